The number of rotatable bonds is 7. The monoisotopic (exact) mass is 445 g/mol. The first-order valence-corrected chi connectivity index (χ1v) is 9.61. The van der Waals surface area contributed by atoms with Crippen molar-refractivity contribution in [3.05, 3.63) is 46.3 Å². The number of hydrogen-bond acceptors (Lipinski definition) is 5. The molecule has 3 fully saturated rings. The summed E-state index contributed by atoms with van der Waals surface area (Å²) < 4.78 is 43.1. The first kappa shape index (κ1) is 20.2. The van der Waals surface area contributed by atoms with Gasteiger partial charge >= 0.3 is 6.18 Å². The largest absolute Gasteiger partial charge is 0.486 e. The van der Waals surface area contributed by atoms with Crippen molar-refractivity contribution < 1.29 is 22.7 Å². The Balaban J connectivity index is 1.24. The maximum absolute atomic E-state index is 12.5. The van der Waals surface area contributed by atoms with Crippen molar-refractivity contribution in [2.45, 2.75) is 37.4 Å². The molecule has 0 spiro atoms. The third-order valence-electron chi connectivity index (χ3n) is 5.34. The third-order valence-corrected chi connectivity index (χ3v) is 6.08. The zero-order chi connectivity index (χ0) is 20.9. The number of hydrogen-bond donors (Lipinski definition) is 1. The normalized spacial score (nSPS) is 25.0. The fraction of sp³-hybridized carbons (Fsp3) is 0.421. The number of Topliss-reactive ketones (excluding diaryl/α,β-unsaturated/α-hetero) is 1. The maximum atomic E-state index is 12.5. The predicted octanol–water partition coefficient (Wildman–Crippen LogP) is 5.18. The summed E-state index contributed by atoms with van der Waals surface area (Å²) >= 11 is 11.8. The minimum Gasteiger partial charge on any atom is -0.486 e. The average molecular weight is 446 g/mol. The molecule has 0 atom stereocenters. The highest BCUT2D eigenvalue weighted by molar-refractivity contribution is 6.42. The van der Waals surface area contributed by atoms with Gasteiger partial charge in [-0.25, -0.2) is 9.97 Å². The quantitative estimate of drug-likeness (QED) is 0.636. The van der Waals surface area contributed by atoms with Crippen LogP contribution in [0.25, 0.3) is 0 Å². The van der Waals surface area contributed by atoms with Crippen molar-refractivity contribution in [2.24, 2.45) is 5.41 Å². The van der Waals surface area contributed by atoms with Crippen LogP contribution in [0.4, 0.5) is 19.0 Å². The van der Waals surface area contributed by atoms with Crippen LogP contribution in [0.15, 0.2) is 30.6 Å². The molecule has 10 heteroatoms. The summed E-state index contributed by atoms with van der Waals surface area (Å²) in [5, 5.41) is 3.92. The summed E-state index contributed by atoms with van der Waals surface area (Å²) in [4.78, 5) is 19.5. The van der Waals surface area contributed by atoms with Gasteiger partial charge in [0, 0.05) is 18.0 Å². The molecule has 0 unspecified atom stereocenters. The number of benzene rings is 1. The van der Waals surface area contributed by atoms with Crippen LogP contribution >= 0.6 is 23.2 Å². The number of aromatic nitrogens is 2. The third kappa shape index (κ3) is 4.14. The van der Waals surface area contributed by atoms with Gasteiger partial charge < -0.3 is 10.1 Å². The van der Waals surface area contributed by atoms with Crippen molar-refractivity contribution in [1.82, 2.24) is 9.97 Å². The molecule has 2 bridgehead atoms. The lowest BCUT2D eigenvalue weighted by Crippen LogP contribution is -2.71. The minimum atomic E-state index is -4.51. The van der Waals surface area contributed by atoms with E-state index in [1.54, 1.807) is 18.2 Å². The molecular weight excluding hydrogens is 430 g/mol. The molecule has 1 N–H and O–H groups in total. The van der Waals surface area contributed by atoms with Gasteiger partial charge in [-0.3, -0.25) is 4.79 Å². The summed E-state index contributed by atoms with van der Waals surface area (Å²) in [5.41, 5.74) is -1.30. The van der Waals surface area contributed by atoms with Crippen molar-refractivity contribution in [2.75, 3.05) is 11.9 Å². The van der Waals surface area contributed by atoms with Gasteiger partial charge in [-0.05, 0) is 36.8 Å². The van der Waals surface area contributed by atoms with Crippen molar-refractivity contribution in [3.8, 4) is 5.75 Å². The van der Waals surface area contributed by atoms with E-state index in [-0.39, 0.29) is 23.3 Å². The predicted molar refractivity (Wildman–Crippen MR) is 101 cm³/mol. The van der Waals surface area contributed by atoms with Gasteiger partial charge in [0.15, 0.2) is 11.5 Å². The fourth-order valence-corrected chi connectivity index (χ4v) is 4.62. The molecule has 154 valence electrons. The Kier molecular flexibility index (Phi) is 4.90. The van der Waals surface area contributed by atoms with E-state index in [1.807, 2.05) is 0 Å². The van der Waals surface area contributed by atoms with E-state index in [2.05, 4.69) is 15.3 Å². The SMILES string of the molecule is O=C(COc1ccc(Cl)c(Cl)c1)CC12CC(Nc3cnc(C(F)(F)F)cn3)(C1)C2. The number of nitrogens with one attached hydrogen (secondary N) is 1. The van der Waals surface area contributed by atoms with E-state index in [9.17, 15) is 18.0 Å². The summed E-state index contributed by atoms with van der Waals surface area (Å²) in [5.74, 6) is 0.767. The minimum absolute atomic E-state index is 0.0151. The van der Waals surface area contributed by atoms with Crippen molar-refractivity contribution >= 4 is 34.8 Å². The first-order chi connectivity index (χ1) is 13.6. The van der Waals surface area contributed by atoms with Gasteiger partial charge in [0.25, 0.3) is 0 Å². The summed E-state index contributed by atoms with van der Waals surface area (Å²) in [6.07, 6.45) is -0.00858. The number of ether oxygens (including phenoxy) is 1. The van der Waals surface area contributed by atoms with Crippen LogP contribution in [0.3, 0.4) is 0 Å². The highest BCUT2D eigenvalue weighted by atomic mass is 35.5. The van der Waals surface area contributed by atoms with Crippen LogP contribution in [0.1, 0.15) is 31.4 Å². The second-order valence-corrected chi connectivity index (χ2v) is 8.61. The van der Waals surface area contributed by atoms with Gasteiger partial charge in [-0.2, -0.15) is 13.2 Å². The molecule has 0 saturated heterocycles. The first-order valence-electron chi connectivity index (χ1n) is 8.85. The molecule has 1 aromatic heterocycles. The van der Waals surface area contributed by atoms with Crippen LogP contribution in [0.5, 0.6) is 5.75 Å². The molecule has 3 saturated carbocycles. The Hall–Kier alpha value is -2.06. The van der Waals surface area contributed by atoms with Crippen LogP contribution in [-0.2, 0) is 11.0 Å². The standard InChI is InChI=1S/C19H16Cl2F3N3O2/c20-13-2-1-12(3-14(13)21)29-7-11(28)4-17-8-18(9-17,10-17)27-16-6-25-15(5-26-16)19(22,23)24/h1-3,5-6H,4,7-10H2,(H,26,27). The van der Waals surface area contributed by atoms with Crippen LogP contribution in [-0.4, -0.2) is 27.9 Å². The Morgan fingerprint density at radius 3 is 2.45 bits per heavy atom. The van der Waals surface area contributed by atoms with Crippen LogP contribution in [0.2, 0.25) is 10.0 Å². The van der Waals surface area contributed by atoms with E-state index in [4.69, 9.17) is 27.9 Å². The van der Waals surface area contributed by atoms with E-state index in [1.165, 1.54) is 0 Å². The van der Waals surface area contributed by atoms with Gasteiger partial charge in [0.2, 0.25) is 0 Å². The zero-order valence-corrected chi connectivity index (χ0v) is 16.5. The molecule has 1 aromatic carbocycles. The molecule has 1 heterocycles. The van der Waals surface area contributed by atoms with Crippen LogP contribution in [0, 0.1) is 5.41 Å². The number of anilines is 1. The smallest absolute Gasteiger partial charge is 0.434 e. The van der Waals surface area contributed by atoms with Gasteiger partial charge in [0.1, 0.15) is 18.2 Å². The molecule has 0 radical (unpaired) electrons. The molecule has 3 aliphatic carbocycles. The number of carbonyl (C=O) groups is 1. The number of halogens is 5. The van der Waals surface area contributed by atoms with Crippen LogP contribution < -0.4 is 10.1 Å². The second-order valence-electron chi connectivity index (χ2n) is 7.80. The maximum Gasteiger partial charge on any atom is 0.434 e. The Morgan fingerprint density at radius 1 is 1.14 bits per heavy atom. The Bertz CT molecular complexity index is 931. The number of ketones is 1. The molecule has 0 amide bonds. The number of alkyl halides is 3. The van der Waals surface area contributed by atoms with Gasteiger partial charge in [-0.1, -0.05) is 23.2 Å². The molecule has 3 aliphatic rings. The molecule has 5 nitrogen and oxygen atoms in total. The molecule has 5 rings (SSSR count). The number of nitrogens with zero attached hydrogens (tertiary/aromatic N) is 2. The van der Waals surface area contributed by atoms with E-state index >= 15 is 0 Å². The summed E-state index contributed by atoms with van der Waals surface area (Å²) in [6.45, 7) is -0.0511. The number of carbonyl (C=O) groups excluding carboxylic acids is 1. The Labute approximate surface area is 174 Å². The summed E-state index contributed by atoms with van der Waals surface area (Å²) in [6, 6.07) is 4.80. The van der Waals surface area contributed by atoms with E-state index in [0.29, 0.717) is 34.2 Å². The van der Waals surface area contributed by atoms with Gasteiger partial charge in [-0.15, -0.1) is 0 Å². The average Bonchev–Trinajstić information content (AvgIpc) is 2.59. The molecule has 2 aromatic rings. The van der Waals surface area contributed by atoms with Gasteiger partial charge in [0.05, 0.1) is 22.4 Å². The lowest BCUT2D eigenvalue weighted by atomic mass is 9.38. The second kappa shape index (κ2) is 7.02. The van der Waals surface area contributed by atoms with E-state index < -0.39 is 11.9 Å². The lowest BCUT2D eigenvalue weighted by Gasteiger charge is -2.70. The topological polar surface area (TPSA) is 64.1 Å². The zero-order valence-electron chi connectivity index (χ0n) is 15.0. The molecule has 0 aliphatic heterocycles. The highest BCUT2D eigenvalue weighted by Gasteiger charge is 2.68. The fourth-order valence-electron chi connectivity index (χ4n) is 4.33. The molecular formula is C19H16Cl2F3N3O2. The lowest BCUT2D eigenvalue weighted by molar-refractivity contribution is -0.147. The molecule has 29 heavy (non-hydrogen) atoms. The Morgan fingerprint density at radius 2 is 1.86 bits per heavy atom. The highest BCUT2D eigenvalue weighted by Crippen LogP contribution is 2.70. The van der Waals surface area contributed by atoms with Crippen molar-refractivity contribution in [1.29, 1.82) is 0 Å². The van der Waals surface area contributed by atoms with E-state index in [0.717, 1.165) is 25.5 Å². The summed E-state index contributed by atoms with van der Waals surface area (Å²) in [7, 11) is 0. The van der Waals surface area contributed by atoms with Crippen molar-refractivity contribution in [3.63, 3.8) is 0 Å².